The average molecular weight is 461 g/mol. The second-order valence-corrected chi connectivity index (χ2v) is 9.04. The van der Waals surface area contributed by atoms with Crippen LogP contribution in [0.5, 0.6) is 5.75 Å². The molecule has 6 heteroatoms. The molecular formula is C28H32N2O4. The standard InChI is InChI=1S/C28H32N2O4/c1-4-15-29(2)25(31)18-30-17-24(22-10-9-19-7-5-6-8-21(19)16-22)26(28(32)33)27(30)20-11-13-23(34-3)14-12-20/h5-14,16,24,26-27H,4,15,17-18H2,1-3H3,(H,32,33). The van der Waals surface area contributed by atoms with Gasteiger partial charge in [-0.2, -0.15) is 0 Å². The predicted molar refractivity (Wildman–Crippen MR) is 133 cm³/mol. The lowest BCUT2D eigenvalue weighted by molar-refractivity contribution is -0.143. The molecule has 3 aromatic rings. The fraction of sp³-hybridized carbons (Fsp3) is 0.357. The molecule has 1 fully saturated rings. The zero-order valence-corrected chi connectivity index (χ0v) is 20.0. The molecule has 0 radical (unpaired) electrons. The van der Waals surface area contributed by atoms with Crippen molar-refractivity contribution in [2.45, 2.75) is 25.3 Å². The third kappa shape index (κ3) is 4.77. The summed E-state index contributed by atoms with van der Waals surface area (Å²) in [5.41, 5.74) is 1.86. The molecule has 1 saturated heterocycles. The molecule has 1 heterocycles. The molecule has 0 saturated carbocycles. The minimum absolute atomic E-state index is 0.00339. The SMILES string of the molecule is CCCN(C)C(=O)CN1CC(c2ccc3ccccc3c2)C(C(=O)O)C1c1ccc(OC)cc1. The first kappa shape index (κ1) is 23.8. The summed E-state index contributed by atoms with van der Waals surface area (Å²) in [5.74, 6) is -1.05. The van der Waals surface area contributed by atoms with E-state index >= 15 is 0 Å². The van der Waals surface area contributed by atoms with Gasteiger partial charge in [0.05, 0.1) is 19.6 Å². The molecule has 0 bridgehead atoms. The largest absolute Gasteiger partial charge is 0.497 e. The van der Waals surface area contributed by atoms with E-state index in [0.29, 0.717) is 18.8 Å². The zero-order chi connectivity index (χ0) is 24.2. The predicted octanol–water partition coefficient (Wildman–Crippen LogP) is 4.56. The highest BCUT2D eigenvalue weighted by atomic mass is 16.5. The number of carbonyl (C=O) groups excluding carboxylic acids is 1. The third-order valence-electron chi connectivity index (χ3n) is 6.87. The van der Waals surface area contributed by atoms with Crippen molar-refractivity contribution in [3.05, 3.63) is 77.9 Å². The first-order valence-corrected chi connectivity index (χ1v) is 11.8. The van der Waals surface area contributed by atoms with Crippen molar-refractivity contribution in [3.8, 4) is 5.75 Å². The number of amides is 1. The number of methoxy groups -OCH3 is 1. The number of carbonyl (C=O) groups is 2. The van der Waals surface area contributed by atoms with Crippen molar-refractivity contribution in [1.29, 1.82) is 0 Å². The Labute approximate surface area is 200 Å². The lowest BCUT2D eigenvalue weighted by atomic mass is 9.82. The van der Waals surface area contributed by atoms with Crippen molar-refractivity contribution < 1.29 is 19.4 Å². The average Bonchev–Trinajstić information content (AvgIpc) is 3.23. The number of fused-ring (bicyclic) bond motifs is 1. The molecule has 1 aliphatic heterocycles. The van der Waals surface area contributed by atoms with Crippen LogP contribution < -0.4 is 4.74 Å². The molecule has 1 aliphatic rings. The summed E-state index contributed by atoms with van der Waals surface area (Å²) in [5, 5.41) is 12.6. The van der Waals surface area contributed by atoms with E-state index in [1.54, 1.807) is 19.1 Å². The van der Waals surface area contributed by atoms with E-state index in [1.807, 2.05) is 60.4 Å². The number of hydrogen-bond donors (Lipinski definition) is 1. The highest BCUT2D eigenvalue weighted by Crippen LogP contribution is 2.46. The Morgan fingerprint density at radius 1 is 1.03 bits per heavy atom. The number of hydrogen-bond acceptors (Lipinski definition) is 4. The Bertz CT molecular complexity index is 1160. The molecule has 1 N–H and O–H groups in total. The molecule has 178 valence electrons. The van der Waals surface area contributed by atoms with Crippen LogP contribution in [0.25, 0.3) is 10.8 Å². The molecule has 0 aromatic heterocycles. The maximum atomic E-state index is 13.0. The number of likely N-dealkylation sites (N-methyl/N-ethyl adjacent to an activating group) is 1. The van der Waals surface area contributed by atoms with Crippen LogP contribution in [0.1, 0.15) is 36.4 Å². The van der Waals surface area contributed by atoms with Gasteiger partial charge in [-0.05, 0) is 40.5 Å². The third-order valence-corrected chi connectivity index (χ3v) is 6.87. The van der Waals surface area contributed by atoms with Crippen LogP contribution >= 0.6 is 0 Å². The molecule has 3 unspecified atom stereocenters. The number of carboxylic acid groups (broad SMARTS) is 1. The molecule has 3 atom stereocenters. The fourth-order valence-electron chi connectivity index (χ4n) is 5.12. The van der Waals surface area contributed by atoms with E-state index in [1.165, 1.54) is 0 Å². The molecule has 34 heavy (non-hydrogen) atoms. The van der Waals surface area contributed by atoms with E-state index < -0.39 is 17.9 Å². The van der Waals surface area contributed by atoms with Gasteiger partial charge in [-0.3, -0.25) is 14.5 Å². The Balaban J connectivity index is 1.74. The van der Waals surface area contributed by atoms with Gasteiger partial charge in [0.25, 0.3) is 0 Å². The molecule has 4 rings (SSSR count). The summed E-state index contributed by atoms with van der Waals surface area (Å²) in [6.45, 7) is 3.39. The van der Waals surface area contributed by atoms with Gasteiger partial charge in [-0.25, -0.2) is 0 Å². The molecular weight excluding hydrogens is 428 g/mol. The fourth-order valence-corrected chi connectivity index (χ4v) is 5.12. The second-order valence-electron chi connectivity index (χ2n) is 9.04. The Kier molecular flexibility index (Phi) is 7.17. The van der Waals surface area contributed by atoms with Crippen LogP contribution in [0.3, 0.4) is 0 Å². The van der Waals surface area contributed by atoms with Gasteiger partial charge < -0.3 is 14.7 Å². The topological polar surface area (TPSA) is 70.1 Å². The number of nitrogens with zero attached hydrogens (tertiary/aromatic N) is 2. The van der Waals surface area contributed by atoms with E-state index in [-0.39, 0.29) is 18.4 Å². The summed E-state index contributed by atoms with van der Waals surface area (Å²) in [7, 11) is 3.41. The molecule has 3 aromatic carbocycles. The van der Waals surface area contributed by atoms with Crippen LogP contribution in [0.2, 0.25) is 0 Å². The summed E-state index contributed by atoms with van der Waals surface area (Å²) >= 11 is 0. The first-order valence-electron chi connectivity index (χ1n) is 11.8. The summed E-state index contributed by atoms with van der Waals surface area (Å²) in [4.78, 5) is 29.4. The molecule has 1 amide bonds. The minimum Gasteiger partial charge on any atom is -0.497 e. The summed E-state index contributed by atoms with van der Waals surface area (Å²) in [6.07, 6.45) is 0.877. The van der Waals surface area contributed by atoms with E-state index in [2.05, 4.69) is 18.2 Å². The monoisotopic (exact) mass is 460 g/mol. The number of carboxylic acids is 1. The number of ether oxygens (including phenoxy) is 1. The van der Waals surface area contributed by atoms with Crippen molar-refractivity contribution in [3.63, 3.8) is 0 Å². The molecule has 6 nitrogen and oxygen atoms in total. The number of benzene rings is 3. The van der Waals surface area contributed by atoms with Gasteiger partial charge >= 0.3 is 5.97 Å². The first-order chi connectivity index (χ1) is 16.4. The normalized spacial score (nSPS) is 20.4. The van der Waals surface area contributed by atoms with Crippen molar-refractivity contribution in [2.24, 2.45) is 5.92 Å². The quantitative estimate of drug-likeness (QED) is 0.534. The van der Waals surface area contributed by atoms with Gasteiger partial charge in [-0.15, -0.1) is 0 Å². The van der Waals surface area contributed by atoms with Gasteiger partial charge in [0.15, 0.2) is 0 Å². The summed E-state index contributed by atoms with van der Waals surface area (Å²) in [6, 6.07) is 21.4. The number of likely N-dealkylation sites (tertiary alicyclic amines) is 1. The lowest BCUT2D eigenvalue weighted by Crippen LogP contribution is -2.39. The van der Waals surface area contributed by atoms with E-state index in [9.17, 15) is 14.7 Å². The number of aliphatic carboxylic acids is 1. The van der Waals surface area contributed by atoms with Crippen LogP contribution in [0.4, 0.5) is 0 Å². The second kappa shape index (κ2) is 10.3. The maximum absolute atomic E-state index is 13.0. The van der Waals surface area contributed by atoms with Gasteiger partial charge in [-0.1, -0.05) is 61.5 Å². The Morgan fingerprint density at radius 3 is 2.35 bits per heavy atom. The van der Waals surface area contributed by atoms with Crippen LogP contribution in [0, 0.1) is 5.92 Å². The Morgan fingerprint density at radius 2 is 1.71 bits per heavy atom. The highest BCUT2D eigenvalue weighted by molar-refractivity contribution is 5.84. The van der Waals surface area contributed by atoms with Crippen molar-refractivity contribution in [1.82, 2.24) is 9.80 Å². The van der Waals surface area contributed by atoms with Crippen molar-refractivity contribution in [2.75, 3.05) is 33.8 Å². The summed E-state index contributed by atoms with van der Waals surface area (Å²) < 4.78 is 5.30. The molecule has 0 aliphatic carbocycles. The van der Waals surface area contributed by atoms with Gasteiger partial charge in [0.1, 0.15) is 5.75 Å². The minimum atomic E-state index is -0.851. The van der Waals surface area contributed by atoms with E-state index in [4.69, 9.17) is 4.74 Å². The van der Waals surface area contributed by atoms with Gasteiger partial charge in [0, 0.05) is 32.1 Å². The number of rotatable bonds is 8. The smallest absolute Gasteiger partial charge is 0.309 e. The van der Waals surface area contributed by atoms with Crippen molar-refractivity contribution >= 4 is 22.6 Å². The van der Waals surface area contributed by atoms with Crippen LogP contribution in [-0.4, -0.2) is 60.6 Å². The van der Waals surface area contributed by atoms with Crippen LogP contribution in [-0.2, 0) is 9.59 Å². The highest BCUT2D eigenvalue weighted by Gasteiger charge is 2.48. The maximum Gasteiger partial charge on any atom is 0.309 e. The molecule has 0 spiro atoms. The Hall–Kier alpha value is -3.38. The lowest BCUT2D eigenvalue weighted by Gasteiger charge is -2.28. The zero-order valence-electron chi connectivity index (χ0n) is 20.0. The van der Waals surface area contributed by atoms with Gasteiger partial charge in [0.2, 0.25) is 5.91 Å². The van der Waals surface area contributed by atoms with E-state index in [0.717, 1.165) is 28.3 Å². The van der Waals surface area contributed by atoms with Crippen LogP contribution in [0.15, 0.2) is 66.7 Å².